The molecular weight excluding hydrogens is 344 g/mol. The van der Waals surface area contributed by atoms with Gasteiger partial charge in [0.15, 0.2) is 0 Å². The molecule has 2 aromatic rings. The normalized spacial score (nSPS) is 11.1. The summed E-state index contributed by atoms with van der Waals surface area (Å²) in [6.45, 7) is 6.13. The first-order valence-electron chi connectivity index (χ1n) is 11.0. The monoisotopic (exact) mass is 382 g/mol. The Morgan fingerprint density at radius 3 is 1.18 bits per heavy atom. The van der Waals surface area contributed by atoms with Crippen LogP contribution < -0.4 is 11.0 Å². The number of rotatable bonds is 13. The highest BCUT2D eigenvalue weighted by molar-refractivity contribution is 5.03. The van der Waals surface area contributed by atoms with Crippen LogP contribution in [0.3, 0.4) is 0 Å². The number of hydrogen-bond donors (Lipinski definition) is 2. The Kier molecular flexibility index (Phi) is 9.81. The highest BCUT2D eigenvalue weighted by Crippen LogP contribution is 2.11. The fourth-order valence-corrected chi connectivity index (χ4v) is 3.84. The Labute approximate surface area is 170 Å². The number of hydrogen-bond acceptors (Lipinski definition) is 2. The van der Waals surface area contributed by atoms with Gasteiger partial charge in [0.1, 0.15) is 11.0 Å². The summed E-state index contributed by atoms with van der Waals surface area (Å²) in [6, 6.07) is 11.8. The lowest BCUT2D eigenvalue weighted by Crippen LogP contribution is -2.21. The van der Waals surface area contributed by atoms with Crippen LogP contribution in [0.25, 0.3) is 0 Å². The quantitative estimate of drug-likeness (QED) is 0.432. The van der Waals surface area contributed by atoms with Gasteiger partial charge in [-0.25, -0.2) is 0 Å². The molecule has 2 N–H and O–H groups in total. The van der Waals surface area contributed by atoms with E-state index in [-0.39, 0.29) is 0 Å². The molecule has 4 nitrogen and oxygen atoms in total. The second-order valence-electron chi connectivity index (χ2n) is 7.94. The van der Waals surface area contributed by atoms with E-state index in [1.165, 1.54) is 75.6 Å². The van der Waals surface area contributed by atoms with Crippen molar-refractivity contribution >= 4 is 0 Å². The fraction of sp³-hybridized carbons (Fsp3) is 0.583. The summed E-state index contributed by atoms with van der Waals surface area (Å²) < 4.78 is 4.22. The second-order valence-corrected chi connectivity index (χ2v) is 7.94. The van der Waals surface area contributed by atoms with E-state index >= 15 is 0 Å². The third-order valence-electron chi connectivity index (χ3n) is 5.63. The molecule has 4 heteroatoms. The third-order valence-corrected chi connectivity index (χ3v) is 5.63. The molecule has 0 radical (unpaired) electrons. The number of aryl methyl sites for hydroxylation is 2. The molecule has 2 aromatic heterocycles. The van der Waals surface area contributed by atoms with Crippen molar-refractivity contribution in [3.05, 3.63) is 58.8 Å². The van der Waals surface area contributed by atoms with Crippen LogP contribution >= 0.6 is 0 Å². The topological polar surface area (TPSA) is 57.6 Å². The van der Waals surface area contributed by atoms with E-state index in [0.717, 1.165) is 13.1 Å². The summed E-state index contributed by atoms with van der Waals surface area (Å²) in [5.41, 5.74) is 3.62. The number of nitrogens with one attached hydrogen (secondary N) is 2. The molecule has 0 aliphatic carbocycles. The van der Waals surface area contributed by atoms with E-state index in [1.54, 1.807) is 0 Å². The average molecular weight is 383 g/mol. The predicted molar refractivity (Wildman–Crippen MR) is 116 cm³/mol. The Bertz CT molecular complexity index is 746. The Morgan fingerprint density at radius 2 is 0.857 bits per heavy atom. The van der Waals surface area contributed by atoms with Crippen LogP contribution in [0.4, 0.5) is 0 Å². The van der Waals surface area contributed by atoms with Crippen molar-refractivity contribution in [2.24, 2.45) is 0 Å². The maximum absolute atomic E-state index is 7.97. The van der Waals surface area contributed by atoms with Gasteiger partial charge in [-0.3, -0.25) is 10.8 Å². The van der Waals surface area contributed by atoms with Gasteiger partial charge in [0.2, 0.25) is 0 Å². The van der Waals surface area contributed by atoms with Crippen LogP contribution in [-0.2, 0) is 13.1 Å². The highest BCUT2D eigenvalue weighted by atomic mass is 15.0. The summed E-state index contributed by atoms with van der Waals surface area (Å²) in [5.74, 6) is 0. The fourth-order valence-electron chi connectivity index (χ4n) is 3.84. The highest BCUT2D eigenvalue weighted by Gasteiger charge is 1.99. The first kappa shape index (κ1) is 22.2. The molecule has 0 aliphatic rings. The largest absolute Gasteiger partial charge is 0.331 e. The zero-order valence-corrected chi connectivity index (χ0v) is 17.8. The van der Waals surface area contributed by atoms with Crippen molar-refractivity contribution < 1.29 is 0 Å². The average Bonchev–Trinajstić information content (AvgIpc) is 2.66. The minimum Gasteiger partial charge on any atom is -0.331 e. The minimum atomic E-state index is 0.625. The molecule has 154 valence electrons. The molecule has 0 unspecified atom stereocenters. The molecule has 2 rings (SSSR count). The molecule has 0 saturated carbocycles. The zero-order chi connectivity index (χ0) is 20.2. The molecule has 0 atom stereocenters. The standard InChI is InChI=1S/C24H38N4/c1-21-15-13-17-23(25)27(21)19-11-9-7-5-3-4-6-8-10-12-20-28-22(2)16-14-18-24(28)26/h13-18,25-26H,3-12,19-20H2,1-2H3. The minimum absolute atomic E-state index is 0.625. The van der Waals surface area contributed by atoms with Crippen LogP contribution in [0.2, 0.25) is 0 Å². The van der Waals surface area contributed by atoms with Gasteiger partial charge in [0.25, 0.3) is 0 Å². The van der Waals surface area contributed by atoms with Gasteiger partial charge in [-0.05, 0) is 51.0 Å². The summed E-state index contributed by atoms with van der Waals surface area (Å²) in [5, 5.41) is 15.9. The van der Waals surface area contributed by atoms with Crippen LogP contribution in [-0.4, -0.2) is 9.13 Å². The van der Waals surface area contributed by atoms with Crippen LogP contribution in [0, 0.1) is 24.7 Å². The van der Waals surface area contributed by atoms with Crippen molar-refractivity contribution in [3.63, 3.8) is 0 Å². The molecule has 0 saturated heterocycles. The molecule has 0 aliphatic heterocycles. The molecule has 0 amide bonds. The second kappa shape index (κ2) is 12.4. The van der Waals surface area contributed by atoms with E-state index in [4.69, 9.17) is 10.8 Å². The first-order chi connectivity index (χ1) is 13.6. The van der Waals surface area contributed by atoms with Crippen LogP contribution in [0.1, 0.15) is 75.6 Å². The zero-order valence-electron chi connectivity index (χ0n) is 17.8. The van der Waals surface area contributed by atoms with Gasteiger partial charge >= 0.3 is 0 Å². The molecule has 0 bridgehead atoms. The first-order valence-corrected chi connectivity index (χ1v) is 11.0. The SMILES string of the molecule is Cc1cccc(=N)n1CCCCCCCCCCCCn1c(C)cccc1=N. The Morgan fingerprint density at radius 1 is 0.536 bits per heavy atom. The molecular formula is C24H38N4. The lowest BCUT2D eigenvalue weighted by Gasteiger charge is -2.11. The third kappa shape index (κ3) is 7.49. The van der Waals surface area contributed by atoms with Crippen molar-refractivity contribution in [3.8, 4) is 0 Å². The lowest BCUT2D eigenvalue weighted by molar-refractivity contribution is 0.509. The molecule has 0 spiro atoms. The summed E-state index contributed by atoms with van der Waals surface area (Å²) in [6.07, 6.45) is 12.9. The maximum atomic E-state index is 7.97. The van der Waals surface area contributed by atoms with E-state index in [9.17, 15) is 0 Å². The van der Waals surface area contributed by atoms with Crippen LogP contribution in [0.15, 0.2) is 36.4 Å². The van der Waals surface area contributed by atoms with Crippen molar-refractivity contribution in [1.29, 1.82) is 10.8 Å². The van der Waals surface area contributed by atoms with Gasteiger partial charge < -0.3 is 9.13 Å². The van der Waals surface area contributed by atoms with E-state index in [0.29, 0.717) is 11.0 Å². The number of aromatic nitrogens is 2. The van der Waals surface area contributed by atoms with Gasteiger partial charge in [-0.1, -0.05) is 63.5 Å². The summed E-state index contributed by atoms with van der Waals surface area (Å²) >= 11 is 0. The smallest absolute Gasteiger partial charge is 0.124 e. The Hall–Kier alpha value is -2.10. The Balaban J connectivity index is 1.44. The van der Waals surface area contributed by atoms with Crippen LogP contribution in [0.5, 0.6) is 0 Å². The van der Waals surface area contributed by atoms with Crippen molar-refractivity contribution in [2.45, 2.75) is 91.1 Å². The predicted octanol–water partition coefficient (Wildman–Crippen LogP) is 5.47. The van der Waals surface area contributed by atoms with Crippen molar-refractivity contribution in [1.82, 2.24) is 9.13 Å². The van der Waals surface area contributed by atoms with Gasteiger partial charge in [-0.15, -0.1) is 0 Å². The number of pyridine rings is 2. The van der Waals surface area contributed by atoms with E-state index in [2.05, 4.69) is 35.1 Å². The molecule has 0 fully saturated rings. The number of unbranched alkanes of at least 4 members (excludes halogenated alkanes) is 9. The van der Waals surface area contributed by atoms with Gasteiger partial charge in [0.05, 0.1) is 0 Å². The molecule has 28 heavy (non-hydrogen) atoms. The number of nitrogens with zero attached hydrogens (tertiary/aromatic N) is 2. The van der Waals surface area contributed by atoms with E-state index in [1.807, 2.05) is 24.3 Å². The van der Waals surface area contributed by atoms with E-state index < -0.39 is 0 Å². The van der Waals surface area contributed by atoms with Gasteiger partial charge in [0, 0.05) is 24.5 Å². The summed E-state index contributed by atoms with van der Waals surface area (Å²) in [7, 11) is 0. The molecule has 2 heterocycles. The van der Waals surface area contributed by atoms with Gasteiger partial charge in [-0.2, -0.15) is 0 Å². The summed E-state index contributed by atoms with van der Waals surface area (Å²) in [4.78, 5) is 0. The van der Waals surface area contributed by atoms with Crippen molar-refractivity contribution in [2.75, 3.05) is 0 Å². The molecule has 0 aromatic carbocycles. The lowest BCUT2D eigenvalue weighted by atomic mass is 10.1. The maximum Gasteiger partial charge on any atom is 0.124 e.